The van der Waals surface area contributed by atoms with Crippen molar-refractivity contribution < 1.29 is 18.9 Å². The second-order valence-electron chi connectivity index (χ2n) is 5.31. The number of hydrogen-bond donors (Lipinski definition) is 0. The van der Waals surface area contributed by atoms with Gasteiger partial charge in [0.15, 0.2) is 0 Å². The van der Waals surface area contributed by atoms with Crippen LogP contribution in [0.4, 0.5) is 5.69 Å². The molecule has 0 atom stereocenters. The molecule has 0 unspecified atom stereocenters. The van der Waals surface area contributed by atoms with Crippen molar-refractivity contribution in [2.24, 2.45) is 0 Å². The zero-order valence-electron chi connectivity index (χ0n) is 13.3. The summed E-state index contributed by atoms with van der Waals surface area (Å²) in [5.74, 6) is -0.368. The summed E-state index contributed by atoms with van der Waals surface area (Å²) in [5, 5.41) is 11.2. The Labute approximate surface area is 143 Å². The Hall–Kier alpha value is -3.48. The van der Waals surface area contributed by atoms with E-state index in [0.29, 0.717) is 17.1 Å². The van der Waals surface area contributed by atoms with Gasteiger partial charge in [0.25, 0.3) is 5.69 Å². The molecule has 3 aromatic rings. The first-order valence-corrected chi connectivity index (χ1v) is 7.47. The first-order chi connectivity index (χ1) is 12.1. The largest absolute Gasteiger partial charge is 0.455 e. The van der Waals surface area contributed by atoms with Crippen LogP contribution in [0.2, 0.25) is 0 Å². The number of aromatic nitrogens is 1. The van der Waals surface area contributed by atoms with Gasteiger partial charge in [0, 0.05) is 11.1 Å². The zero-order chi connectivity index (χ0) is 17.8. The standard InChI is InChI=1S/C18H14N2O5/c1-12-6-5-9-15(16(12)20(22)23)18(21)25-11-14-10-24-17(19-14)13-7-3-2-4-8-13/h2-10H,11H2,1H3. The highest BCUT2D eigenvalue weighted by Crippen LogP contribution is 2.24. The number of rotatable bonds is 5. The van der Waals surface area contributed by atoms with Crippen LogP contribution >= 0.6 is 0 Å². The van der Waals surface area contributed by atoms with Crippen LogP contribution in [0.5, 0.6) is 0 Å². The SMILES string of the molecule is Cc1cccc(C(=O)OCc2coc(-c3ccccc3)n2)c1[N+](=O)[O-]. The molecule has 0 aliphatic heterocycles. The lowest BCUT2D eigenvalue weighted by Crippen LogP contribution is -2.09. The summed E-state index contributed by atoms with van der Waals surface area (Å²) in [6, 6.07) is 13.8. The van der Waals surface area contributed by atoms with Crippen molar-refractivity contribution in [3.8, 4) is 11.5 Å². The van der Waals surface area contributed by atoms with Gasteiger partial charge in [-0.3, -0.25) is 10.1 Å². The van der Waals surface area contributed by atoms with Crippen LogP contribution in [0.1, 0.15) is 21.6 Å². The average Bonchev–Trinajstić information content (AvgIpc) is 3.09. The van der Waals surface area contributed by atoms with E-state index in [2.05, 4.69) is 4.98 Å². The molecule has 0 saturated heterocycles. The monoisotopic (exact) mass is 338 g/mol. The number of esters is 1. The Bertz CT molecular complexity index is 918. The molecule has 0 aliphatic rings. The highest BCUT2D eigenvalue weighted by Gasteiger charge is 2.23. The third-order valence-electron chi connectivity index (χ3n) is 3.56. The molecule has 126 valence electrons. The molecule has 1 heterocycles. The zero-order valence-corrected chi connectivity index (χ0v) is 13.3. The number of nitro groups is 1. The molecule has 0 bridgehead atoms. The fourth-order valence-corrected chi connectivity index (χ4v) is 2.37. The lowest BCUT2D eigenvalue weighted by Gasteiger charge is -2.05. The van der Waals surface area contributed by atoms with Gasteiger partial charge in [-0.25, -0.2) is 9.78 Å². The van der Waals surface area contributed by atoms with E-state index < -0.39 is 10.9 Å². The summed E-state index contributed by atoms with van der Waals surface area (Å²) in [6.07, 6.45) is 1.39. The number of hydrogen-bond acceptors (Lipinski definition) is 6. The van der Waals surface area contributed by atoms with Crippen molar-refractivity contribution in [1.29, 1.82) is 0 Å². The quantitative estimate of drug-likeness (QED) is 0.397. The van der Waals surface area contributed by atoms with E-state index >= 15 is 0 Å². The molecule has 0 amide bonds. The van der Waals surface area contributed by atoms with Crippen molar-refractivity contribution in [3.05, 3.63) is 81.7 Å². The number of oxazole rings is 1. The van der Waals surface area contributed by atoms with Gasteiger partial charge in [0.1, 0.15) is 24.1 Å². The van der Waals surface area contributed by atoms with Crippen molar-refractivity contribution in [2.75, 3.05) is 0 Å². The molecule has 0 radical (unpaired) electrons. The number of para-hydroxylation sites is 1. The Balaban J connectivity index is 1.73. The normalized spacial score (nSPS) is 10.4. The minimum Gasteiger partial charge on any atom is -0.455 e. The number of carbonyl (C=O) groups is 1. The van der Waals surface area contributed by atoms with E-state index in [1.54, 1.807) is 19.1 Å². The first-order valence-electron chi connectivity index (χ1n) is 7.47. The van der Waals surface area contributed by atoms with E-state index in [4.69, 9.17) is 9.15 Å². The maximum absolute atomic E-state index is 12.2. The topological polar surface area (TPSA) is 95.5 Å². The molecular weight excluding hydrogens is 324 g/mol. The third-order valence-corrected chi connectivity index (χ3v) is 3.56. The predicted molar refractivity (Wildman–Crippen MR) is 88.9 cm³/mol. The predicted octanol–water partition coefficient (Wildman–Crippen LogP) is 3.92. The van der Waals surface area contributed by atoms with Crippen LogP contribution in [-0.2, 0) is 11.3 Å². The van der Waals surface area contributed by atoms with Gasteiger partial charge < -0.3 is 9.15 Å². The number of benzene rings is 2. The Morgan fingerprint density at radius 3 is 2.68 bits per heavy atom. The van der Waals surface area contributed by atoms with Crippen LogP contribution in [0.15, 0.2) is 59.2 Å². The van der Waals surface area contributed by atoms with E-state index in [0.717, 1.165) is 5.56 Å². The number of ether oxygens (including phenoxy) is 1. The van der Waals surface area contributed by atoms with Crippen LogP contribution in [0.3, 0.4) is 0 Å². The second kappa shape index (κ2) is 6.96. The van der Waals surface area contributed by atoms with E-state index in [1.807, 2.05) is 30.3 Å². The van der Waals surface area contributed by atoms with Crippen molar-refractivity contribution in [1.82, 2.24) is 4.98 Å². The molecular formula is C18H14N2O5. The molecule has 1 aromatic heterocycles. The van der Waals surface area contributed by atoms with Gasteiger partial charge in [-0.1, -0.05) is 30.3 Å². The van der Waals surface area contributed by atoms with E-state index in [9.17, 15) is 14.9 Å². The first kappa shape index (κ1) is 16.4. The molecule has 2 aromatic carbocycles. The molecule has 0 saturated carbocycles. The maximum Gasteiger partial charge on any atom is 0.345 e. The van der Waals surface area contributed by atoms with Crippen LogP contribution in [0.25, 0.3) is 11.5 Å². The van der Waals surface area contributed by atoms with E-state index in [-0.39, 0.29) is 17.9 Å². The summed E-state index contributed by atoms with van der Waals surface area (Å²) in [6.45, 7) is 1.43. The molecule has 25 heavy (non-hydrogen) atoms. The highest BCUT2D eigenvalue weighted by molar-refractivity contribution is 5.94. The fourth-order valence-electron chi connectivity index (χ4n) is 2.37. The van der Waals surface area contributed by atoms with Crippen molar-refractivity contribution >= 4 is 11.7 Å². The molecule has 3 rings (SSSR count). The van der Waals surface area contributed by atoms with Crippen molar-refractivity contribution in [2.45, 2.75) is 13.5 Å². The fraction of sp³-hybridized carbons (Fsp3) is 0.111. The van der Waals surface area contributed by atoms with Gasteiger partial charge in [-0.05, 0) is 25.1 Å². The van der Waals surface area contributed by atoms with Crippen molar-refractivity contribution in [3.63, 3.8) is 0 Å². The van der Waals surface area contributed by atoms with Crippen LogP contribution in [-0.4, -0.2) is 15.9 Å². The minimum atomic E-state index is -0.778. The lowest BCUT2D eigenvalue weighted by molar-refractivity contribution is -0.385. The lowest BCUT2D eigenvalue weighted by atomic mass is 10.1. The van der Waals surface area contributed by atoms with Gasteiger partial charge in [-0.2, -0.15) is 0 Å². The maximum atomic E-state index is 12.2. The number of nitrogens with zero attached hydrogens (tertiary/aromatic N) is 2. The Kier molecular flexibility index (Phi) is 4.56. The van der Waals surface area contributed by atoms with Gasteiger partial charge in [0.2, 0.25) is 5.89 Å². The summed E-state index contributed by atoms with van der Waals surface area (Å²) in [5.41, 5.74) is 1.28. The van der Waals surface area contributed by atoms with Crippen LogP contribution in [0, 0.1) is 17.0 Å². The summed E-state index contributed by atoms with van der Waals surface area (Å²) < 4.78 is 10.5. The van der Waals surface area contributed by atoms with Gasteiger partial charge in [0.05, 0.1) is 4.92 Å². The molecule has 0 aliphatic carbocycles. The highest BCUT2D eigenvalue weighted by atomic mass is 16.6. The molecule has 7 heteroatoms. The Morgan fingerprint density at radius 2 is 1.96 bits per heavy atom. The van der Waals surface area contributed by atoms with Gasteiger partial charge in [-0.15, -0.1) is 0 Å². The van der Waals surface area contributed by atoms with E-state index in [1.165, 1.54) is 12.3 Å². The number of nitro benzene ring substituents is 1. The molecule has 0 spiro atoms. The number of carbonyl (C=O) groups excluding carboxylic acids is 1. The number of aryl methyl sites for hydroxylation is 1. The third kappa shape index (κ3) is 3.55. The van der Waals surface area contributed by atoms with Gasteiger partial charge >= 0.3 is 5.97 Å². The molecule has 0 N–H and O–H groups in total. The molecule has 7 nitrogen and oxygen atoms in total. The second-order valence-corrected chi connectivity index (χ2v) is 5.31. The van der Waals surface area contributed by atoms with Crippen LogP contribution < -0.4 is 0 Å². The molecule has 0 fully saturated rings. The Morgan fingerprint density at radius 1 is 1.20 bits per heavy atom. The summed E-state index contributed by atoms with van der Waals surface area (Å²) >= 11 is 0. The minimum absolute atomic E-state index is 0.0863. The summed E-state index contributed by atoms with van der Waals surface area (Å²) in [4.78, 5) is 27.0. The smallest absolute Gasteiger partial charge is 0.345 e. The average molecular weight is 338 g/mol. The summed E-state index contributed by atoms with van der Waals surface area (Å²) in [7, 11) is 0.